The Morgan fingerprint density at radius 1 is 1.31 bits per heavy atom. The summed E-state index contributed by atoms with van der Waals surface area (Å²) in [6.45, 7) is -0.243. The van der Waals surface area contributed by atoms with Gasteiger partial charge in [0.05, 0.1) is 19.3 Å². The number of ether oxygens (including phenoxy) is 2. The molecule has 94 valence electrons. The molecule has 0 bridgehead atoms. The van der Waals surface area contributed by atoms with Gasteiger partial charge in [-0.3, -0.25) is 0 Å². The van der Waals surface area contributed by atoms with Crippen LogP contribution < -0.4 is 11.5 Å². The van der Waals surface area contributed by atoms with Crippen LogP contribution in [0.1, 0.15) is 0 Å². The summed E-state index contributed by atoms with van der Waals surface area (Å²) in [5.74, 6) is 0. The molecule has 1 aliphatic rings. The third kappa shape index (κ3) is 2.91. The Bertz CT molecular complexity index is 236. The van der Waals surface area contributed by atoms with E-state index in [1.54, 1.807) is 6.08 Å². The first-order chi connectivity index (χ1) is 7.61. The quantitative estimate of drug-likeness (QED) is 0.356. The topological polar surface area (TPSA) is 131 Å². The van der Waals surface area contributed by atoms with Gasteiger partial charge in [-0.05, 0) is 12.3 Å². The second kappa shape index (κ2) is 6.14. The maximum atomic E-state index is 9.59. The van der Waals surface area contributed by atoms with E-state index in [0.717, 1.165) is 0 Å². The maximum Gasteiger partial charge on any atom is 0.176 e. The Balaban J connectivity index is 2.56. The molecule has 0 aliphatic carbocycles. The molecule has 7 N–H and O–H groups in total. The van der Waals surface area contributed by atoms with Gasteiger partial charge < -0.3 is 36.3 Å². The van der Waals surface area contributed by atoms with Crippen LogP contribution in [0.15, 0.2) is 12.3 Å². The van der Waals surface area contributed by atoms with E-state index in [1.165, 1.54) is 6.20 Å². The van der Waals surface area contributed by atoms with E-state index in [2.05, 4.69) is 0 Å². The largest absolute Gasteiger partial charge is 0.405 e. The lowest BCUT2D eigenvalue weighted by Crippen LogP contribution is -2.62. The minimum atomic E-state index is -1.22. The van der Waals surface area contributed by atoms with E-state index in [-0.39, 0.29) is 6.61 Å². The van der Waals surface area contributed by atoms with Crippen LogP contribution in [0.5, 0.6) is 0 Å². The number of hydrogen-bond acceptors (Lipinski definition) is 7. The van der Waals surface area contributed by atoms with Crippen LogP contribution in [0, 0.1) is 0 Å². The van der Waals surface area contributed by atoms with Crippen LogP contribution in [0.2, 0.25) is 0 Å². The zero-order valence-electron chi connectivity index (χ0n) is 8.77. The SMILES string of the molecule is NC=CCOC1O[C@H](CO)[C@@H](O)[C@H](O)[C@H]1N. The molecular weight excluding hydrogens is 216 g/mol. The zero-order valence-corrected chi connectivity index (χ0v) is 8.77. The van der Waals surface area contributed by atoms with Crippen molar-refractivity contribution in [1.29, 1.82) is 0 Å². The summed E-state index contributed by atoms with van der Waals surface area (Å²) in [6, 6.07) is -0.871. The third-order valence-corrected chi connectivity index (χ3v) is 2.42. The molecule has 0 radical (unpaired) electrons. The van der Waals surface area contributed by atoms with Crippen molar-refractivity contribution in [1.82, 2.24) is 0 Å². The second-order valence-electron chi connectivity index (χ2n) is 3.55. The van der Waals surface area contributed by atoms with E-state index >= 15 is 0 Å². The van der Waals surface area contributed by atoms with Gasteiger partial charge in [-0.1, -0.05) is 0 Å². The Morgan fingerprint density at radius 2 is 2.00 bits per heavy atom. The first-order valence-electron chi connectivity index (χ1n) is 4.98. The molecule has 0 aromatic rings. The Labute approximate surface area is 93.3 Å². The van der Waals surface area contributed by atoms with Gasteiger partial charge in [0.15, 0.2) is 6.29 Å². The monoisotopic (exact) mass is 234 g/mol. The Hall–Kier alpha value is -0.700. The minimum absolute atomic E-state index is 0.176. The molecule has 0 amide bonds. The van der Waals surface area contributed by atoms with E-state index in [1.807, 2.05) is 0 Å². The van der Waals surface area contributed by atoms with Gasteiger partial charge in [0.2, 0.25) is 0 Å². The number of aliphatic hydroxyl groups excluding tert-OH is 3. The highest BCUT2D eigenvalue weighted by molar-refractivity contribution is 4.91. The van der Waals surface area contributed by atoms with Crippen LogP contribution in [-0.2, 0) is 9.47 Å². The lowest BCUT2D eigenvalue weighted by Gasteiger charge is -2.40. The van der Waals surface area contributed by atoms with Crippen molar-refractivity contribution < 1.29 is 24.8 Å². The first kappa shape index (κ1) is 13.4. The van der Waals surface area contributed by atoms with Gasteiger partial charge in [-0.15, -0.1) is 0 Å². The van der Waals surface area contributed by atoms with Gasteiger partial charge >= 0.3 is 0 Å². The first-order valence-corrected chi connectivity index (χ1v) is 4.98. The van der Waals surface area contributed by atoms with Crippen LogP contribution in [0.4, 0.5) is 0 Å². The number of aliphatic hydroxyl groups is 3. The van der Waals surface area contributed by atoms with Crippen molar-refractivity contribution in [2.24, 2.45) is 11.5 Å². The van der Waals surface area contributed by atoms with Crippen LogP contribution in [0.25, 0.3) is 0 Å². The fourth-order valence-corrected chi connectivity index (χ4v) is 1.46. The van der Waals surface area contributed by atoms with Gasteiger partial charge in [-0.25, -0.2) is 0 Å². The third-order valence-electron chi connectivity index (χ3n) is 2.42. The Morgan fingerprint density at radius 3 is 2.56 bits per heavy atom. The molecule has 1 aliphatic heterocycles. The molecule has 7 nitrogen and oxygen atoms in total. The molecule has 1 fully saturated rings. The molecule has 0 aromatic heterocycles. The molecule has 1 unspecified atom stereocenters. The summed E-state index contributed by atoms with van der Waals surface area (Å²) in [5, 5.41) is 28.0. The molecule has 7 heteroatoms. The van der Waals surface area contributed by atoms with Gasteiger partial charge in [-0.2, -0.15) is 0 Å². The van der Waals surface area contributed by atoms with Gasteiger partial charge in [0, 0.05) is 0 Å². The summed E-state index contributed by atoms with van der Waals surface area (Å²) < 4.78 is 10.4. The highest BCUT2D eigenvalue weighted by Gasteiger charge is 2.42. The molecular formula is C9H18N2O5. The van der Waals surface area contributed by atoms with E-state index in [0.29, 0.717) is 0 Å². The lowest BCUT2D eigenvalue weighted by molar-refractivity contribution is -0.262. The van der Waals surface area contributed by atoms with E-state index < -0.39 is 37.3 Å². The van der Waals surface area contributed by atoms with Crippen molar-refractivity contribution in [3.05, 3.63) is 12.3 Å². The van der Waals surface area contributed by atoms with Crippen molar-refractivity contribution in [3.63, 3.8) is 0 Å². The number of rotatable bonds is 4. The van der Waals surface area contributed by atoms with Crippen molar-refractivity contribution in [3.8, 4) is 0 Å². The molecule has 0 aromatic carbocycles. The highest BCUT2D eigenvalue weighted by Crippen LogP contribution is 2.20. The fraction of sp³-hybridized carbons (Fsp3) is 0.778. The molecule has 0 saturated carbocycles. The average molecular weight is 234 g/mol. The summed E-state index contributed by atoms with van der Waals surface area (Å²) in [7, 11) is 0. The van der Waals surface area contributed by atoms with Crippen LogP contribution in [-0.4, -0.2) is 59.2 Å². The Kier molecular flexibility index (Phi) is 5.13. The molecule has 16 heavy (non-hydrogen) atoms. The number of hydrogen-bond donors (Lipinski definition) is 5. The second-order valence-corrected chi connectivity index (χ2v) is 3.55. The molecule has 1 saturated heterocycles. The molecule has 0 spiro atoms. The smallest absolute Gasteiger partial charge is 0.176 e. The summed E-state index contributed by atoms with van der Waals surface area (Å²) in [5.41, 5.74) is 10.7. The van der Waals surface area contributed by atoms with Crippen molar-refractivity contribution >= 4 is 0 Å². The predicted molar refractivity (Wildman–Crippen MR) is 55.0 cm³/mol. The van der Waals surface area contributed by atoms with E-state index in [9.17, 15) is 10.2 Å². The van der Waals surface area contributed by atoms with Gasteiger partial charge in [0.25, 0.3) is 0 Å². The molecule has 1 rings (SSSR count). The predicted octanol–water partition coefficient (Wildman–Crippen LogP) is -2.76. The molecule has 1 heterocycles. The van der Waals surface area contributed by atoms with Gasteiger partial charge in [0.1, 0.15) is 18.3 Å². The molecule has 5 atom stereocenters. The standard InChI is InChI=1S/C9H18N2O5/c10-2-1-3-15-9-6(11)8(14)7(13)5(4-12)16-9/h1-2,5-9,12-14H,3-4,10-11H2/t5-,6-,7-,8-,9?/m1/s1. The summed E-state index contributed by atoms with van der Waals surface area (Å²) >= 11 is 0. The van der Waals surface area contributed by atoms with Crippen LogP contribution >= 0.6 is 0 Å². The normalized spacial score (nSPS) is 40.4. The fourth-order valence-electron chi connectivity index (χ4n) is 1.46. The number of nitrogens with two attached hydrogens (primary N) is 2. The maximum absolute atomic E-state index is 9.59. The zero-order chi connectivity index (χ0) is 12.1. The highest BCUT2D eigenvalue weighted by atomic mass is 16.7. The van der Waals surface area contributed by atoms with Crippen LogP contribution in [0.3, 0.4) is 0 Å². The van der Waals surface area contributed by atoms with E-state index in [4.69, 9.17) is 26.0 Å². The van der Waals surface area contributed by atoms with Crippen molar-refractivity contribution in [2.75, 3.05) is 13.2 Å². The summed E-state index contributed by atoms with van der Waals surface area (Å²) in [4.78, 5) is 0. The lowest BCUT2D eigenvalue weighted by atomic mass is 9.98. The summed E-state index contributed by atoms with van der Waals surface area (Å²) in [6.07, 6.45) is -1.35. The van der Waals surface area contributed by atoms with Crippen molar-refractivity contribution in [2.45, 2.75) is 30.6 Å². The average Bonchev–Trinajstić information content (AvgIpc) is 2.29. The minimum Gasteiger partial charge on any atom is -0.405 e.